The molecule has 0 saturated heterocycles. The molecule has 6 nitrogen and oxygen atoms in total. The number of rotatable bonds is 5. The molecule has 0 bridgehead atoms. The molecule has 3 aromatic rings. The third-order valence-electron chi connectivity index (χ3n) is 4.86. The van der Waals surface area contributed by atoms with E-state index in [1.807, 2.05) is 25.1 Å². The largest absolute Gasteiger partial charge is 0.382 e. The molecule has 1 heterocycles. The topological polar surface area (TPSA) is 76.0 Å². The summed E-state index contributed by atoms with van der Waals surface area (Å²) in [7, 11) is 0. The van der Waals surface area contributed by atoms with Gasteiger partial charge in [0.05, 0.1) is 16.6 Å². The minimum Gasteiger partial charge on any atom is -0.382 e. The minimum absolute atomic E-state index is 0.0983. The molecule has 1 aliphatic rings. The zero-order chi connectivity index (χ0) is 18.1. The van der Waals surface area contributed by atoms with Gasteiger partial charge >= 0.3 is 0 Å². The Bertz CT molecular complexity index is 1020. The SMILES string of the molecule is Cc1nc2cc(NC3CCC3)ccc2c(=O)n1-c1ccc(NC=O)cc1. The van der Waals surface area contributed by atoms with E-state index in [9.17, 15) is 9.59 Å². The van der Waals surface area contributed by atoms with Crippen LogP contribution in [0.25, 0.3) is 16.6 Å². The van der Waals surface area contributed by atoms with Crippen LogP contribution < -0.4 is 16.2 Å². The van der Waals surface area contributed by atoms with Gasteiger partial charge in [0.25, 0.3) is 5.56 Å². The molecule has 0 radical (unpaired) electrons. The number of nitrogens with zero attached hydrogens (tertiary/aromatic N) is 2. The summed E-state index contributed by atoms with van der Waals surface area (Å²) in [5.74, 6) is 0.624. The van der Waals surface area contributed by atoms with Gasteiger partial charge in [0.2, 0.25) is 6.41 Å². The van der Waals surface area contributed by atoms with Crippen molar-refractivity contribution in [3.63, 3.8) is 0 Å². The molecule has 132 valence electrons. The van der Waals surface area contributed by atoms with Crippen LogP contribution in [-0.2, 0) is 4.79 Å². The third-order valence-corrected chi connectivity index (χ3v) is 4.86. The summed E-state index contributed by atoms with van der Waals surface area (Å²) in [5, 5.41) is 6.66. The first-order valence-electron chi connectivity index (χ1n) is 8.76. The van der Waals surface area contributed by atoms with Crippen LogP contribution in [0, 0.1) is 6.92 Å². The number of hydrogen-bond donors (Lipinski definition) is 2. The van der Waals surface area contributed by atoms with E-state index in [4.69, 9.17) is 0 Å². The highest BCUT2D eigenvalue weighted by Crippen LogP contribution is 2.25. The molecule has 6 heteroatoms. The van der Waals surface area contributed by atoms with Crippen LogP contribution in [0.5, 0.6) is 0 Å². The summed E-state index contributed by atoms with van der Waals surface area (Å²) in [5.41, 5.74) is 3.01. The lowest BCUT2D eigenvalue weighted by Crippen LogP contribution is -2.27. The van der Waals surface area contributed by atoms with Gasteiger partial charge in [0.1, 0.15) is 5.82 Å². The second kappa shape index (κ2) is 6.63. The highest BCUT2D eigenvalue weighted by Gasteiger charge is 2.17. The molecule has 0 spiro atoms. The van der Waals surface area contributed by atoms with Crippen molar-refractivity contribution in [3.05, 3.63) is 58.6 Å². The van der Waals surface area contributed by atoms with Crippen LogP contribution >= 0.6 is 0 Å². The minimum atomic E-state index is -0.0983. The molecular formula is C20H20N4O2. The monoisotopic (exact) mass is 348 g/mol. The Kier molecular flexibility index (Phi) is 4.16. The second-order valence-corrected chi connectivity index (χ2v) is 6.61. The van der Waals surface area contributed by atoms with Gasteiger partial charge in [-0.15, -0.1) is 0 Å². The Morgan fingerprint density at radius 3 is 2.50 bits per heavy atom. The first-order chi connectivity index (χ1) is 12.7. The Morgan fingerprint density at radius 2 is 1.85 bits per heavy atom. The number of fused-ring (bicyclic) bond motifs is 1. The smallest absolute Gasteiger partial charge is 0.265 e. The molecule has 1 aromatic heterocycles. The number of anilines is 2. The molecule has 2 N–H and O–H groups in total. The maximum absolute atomic E-state index is 13.0. The van der Waals surface area contributed by atoms with Crippen LogP contribution in [-0.4, -0.2) is 22.0 Å². The standard InChI is InChI=1S/C20H20N4O2/c1-13-22-19-11-16(23-15-3-2-4-15)7-10-18(19)20(26)24(13)17-8-5-14(6-9-17)21-12-25/h5-12,15,23H,2-4H2,1H3,(H,21,25). The molecule has 0 atom stereocenters. The number of aryl methyl sites for hydroxylation is 1. The molecule has 4 rings (SSSR count). The van der Waals surface area contributed by atoms with Gasteiger partial charge < -0.3 is 10.6 Å². The number of benzene rings is 2. The summed E-state index contributed by atoms with van der Waals surface area (Å²) < 4.78 is 1.59. The van der Waals surface area contributed by atoms with Gasteiger partial charge in [-0.25, -0.2) is 4.98 Å². The van der Waals surface area contributed by atoms with E-state index >= 15 is 0 Å². The molecule has 0 aliphatic heterocycles. The summed E-state index contributed by atoms with van der Waals surface area (Å²) in [6, 6.07) is 13.4. The van der Waals surface area contributed by atoms with Crippen LogP contribution in [0.1, 0.15) is 25.1 Å². The fourth-order valence-electron chi connectivity index (χ4n) is 3.25. The highest BCUT2D eigenvalue weighted by molar-refractivity contribution is 5.82. The van der Waals surface area contributed by atoms with Crippen LogP contribution in [0.2, 0.25) is 0 Å². The van der Waals surface area contributed by atoms with E-state index in [0.717, 1.165) is 11.4 Å². The van der Waals surface area contributed by atoms with Gasteiger partial charge in [-0.1, -0.05) is 0 Å². The van der Waals surface area contributed by atoms with E-state index in [0.29, 0.717) is 34.9 Å². The van der Waals surface area contributed by atoms with Crippen molar-refractivity contribution in [2.75, 3.05) is 10.6 Å². The fourth-order valence-corrected chi connectivity index (χ4v) is 3.25. The lowest BCUT2D eigenvalue weighted by atomic mass is 9.93. The number of carbonyl (C=O) groups excluding carboxylic acids is 1. The van der Waals surface area contributed by atoms with Gasteiger partial charge in [-0.2, -0.15) is 0 Å². The predicted molar refractivity (Wildman–Crippen MR) is 103 cm³/mol. The van der Waals surface area contributed by atoms with E-state index < -0.39 is 0 Å². The Morgan fingerprint density at radius 1 is 1.12 bits per heavy atom. The maximum atomic E-state index is 13.0. The van der Waals surface area contributed by atoms with E-state index in [1.165, 1.54) is 19.3 Å². The van der Waals surface area contributed by atoms with Crippen LogP contribution in [0.3, 0.4) is 0 Å². The number of carbonyl (C=O) groups is 1. The van der Waals surface area contributed by atoms with Crippen molar-refractivity contribution < 1.29 is 4.79 Å². The summed E-state index contributed by atoms with van der Waals surface area (Å²) in [4.78, 5) is 28.1. The second-order valence-electron chi connectivity index (χ2n) is 6.61. The number of hydrogen-bond acceptors (Lipinski definition) is 4. The molecule has 1 amide bonds. The molecule has 1 aliphatic carbocycles. The van der Waals surface area contributed by atoms with Crippen molar-refractivity contribution in [1.29, 1.82) is 0 Å². The molecular weight excluding hydrogens is 328 g/mol. The van der Waals surface area contributed by atoms with Crippen molar-refractivity contribution in [2.24, 2.45) is 0 Å². The van der Waals surface area contributed by atoms with E-state index in [1.54, 1.807) is 28.8 Å². The van der Waals surface area contributed by atoms with Crippen molar-refractivity contribution in [2.45, 2.75) is 32.2 Å². The van der Waals surface area contributed by atoms with Crippen molar-refractivity contribution in [1.82, 2.24) is 9.55 Å². The van der Waals surface area contributed by atoms with Gasteiger partial charge in [-0.05, 0) is 68.7 Å². The number of nitrogens with one attached hydrogen (secondary N) is 2. The molecule has 1 fully saturated rings. The summed E-state index contributed by atoms with van der Waals surface area (Å²) >= 11 is 0. The lowest BCUT2D eigenvalue weighted by Gasteiger charge is -2.27. The first-order valence-corrected chi connectivity index (χ1v) is 8.76. The molecule has 26 heavy (non-hydrogen) atoms. The van der Waals surface area contributed by atoms with Crippen molar-refractivity contribution >= 4 is 28.7 Å². The molecule has 2 aromatic carbocycles. The van der Waals surface area contributed by atoms with Gasteiger partial charge in [0, 0.05) is 17.4 Å². The predicted octanol–water partition coefficient (Wildman–Crippen LogP) is 3.23. The van der Waals surface area contributed by atoms with Gasteiger partial charge in [-0.3, -0.25) is 14.2 Å². The first kappa shape index (κ1) is 16.3. The van der Waals surface area contributed by atoms with E-state index in [2.05, 4.69) is 15.6 Å². The van der Waals surface area contributed by atoms with Crippen LogP contribution in [0.4, 0.5) is 11.4 Å². The van der Waals surface area contributed by atoms with E-state index in [-0.39, 0.29) is 5.56 Å². The van der Waals surface area contributed by atoms with Crippen LogP contribution in [0.15, 0.2) is 47.3 Å². The Labute approximate surface area is 150 Å². The average Bonchev–Trinajstić information content (AvgIpc) is 2.59. The zero-order valence-electron chi connectivity index (χ0n) is 14.5. The summed E-state index contributed by atoms with van der Waals surface area (Å²) in [6.45, 7) is 1.82. The van der Waals surface area contributed by atoms with Gasteiger partial charge in [0.15, 0.2) is 0 Å². The summed E-state index contributed by atoms with van der Waals surface area (Å²) in [6.07, 6.45) is 4.29. The maximum Gasteiger partial charge on any atom is 0.265 e. The Hall–Kier alpha value is -3.15. The lowest BCUT2D eigenvalue weighted by molar-refractivity contribution is -0.105. The van der Waals surface area contributed by atoms with Crippen molar-refractivity contribution in [3.8, 4) is 5.69 Å². The Balaban J connectivity index is 1.74. The normalized spacial score (nSPS) is 14.0. The highest BCUT2D eigenvalue weighted by atomic mass is 16.1. The molecule has 0 unspecified atom stereocenters. The quantitative estimate of drug-likeness (QED) is 0.694. The fraction of sp³-hybridized carbons (Fsp3) is 0.250. The third kappa shape index (κ3) is 2.94. The number of amides is 1. The average molecular weight is 348 g/mol. The molecule has 1 saturated carbocycles. The zero-order valence-corrected chi connectivity index (χ0v) is 14.5. The number of aromatic nitrogens is 2.